The average Bonchev–Trinajstić information content (AvgIpc) is 2.16. The van der Waals surface area contributed by atoms with Crippen LogP contribution in [0.15, 0.2) is 18.2 Å². The summed E-state index contributed by atoms with van der Waals surface area (Å²) in [6.07, 6.45) is 0.301. The molecule has 0 saturated heterocycles. The van der Waals surface area contributed by atoms with Crippen molar-refractivity contribution < 1.29 is 9.47 Å². The van der Waals surface area contributed by atoms with E-state index in [4.69, 9.17) is 15.2 Å². The predicted molar refractivity (Wildman–Crippen MR) is 65.9 cm³/mol. The lowest BCUT2D eigenvalue weighted by molar-refractivity contribution is 0.227. The zero-order chi connectivity index (χ0) is 12.1. The second-order valence-electron chi connectivity index (χ2n) is 4.31. The minimum absolute atomic E-state index is 0.139. The van der Waals surface area contributed by atoms with Crippen molar-refractivity contribution in [2.24, 2.45) is 5.73 Å². The molecule has 0 heterocycles. The van der Waals surface area contributed by atoms with Gasteiger partial charge in [-0.25, -0.2) is 0 Å². The maximum atomic E-state index is 5.70. The second kappa shape index (κ2) is 5.75. The Bertz CT molecular complexity index is 335. The average molecular weight is 223 g/mol. The van der Waals surface area contributed by atoms with Gasteiger partial charge in [0.15, 0.2) is 0 Å². The Labute approximate surface area is 97.6 Å². The van der Waals surface area contributed by atoms with Crippen LogP contribution in [0.5, 0.6) is 11.5 Å². The summed E-state index contributed by atoms with van der Waals surface area (Å²) >= 11 is 0. The van der Waals surface area contributed by atoms with Gasteiger partial charge in [0.1, 0.15) is 11.5 Å². The van der Waals surface area contributed by atoms with Crippen LogP contribution < -0.4 is 15.2 Å². The van der Waals surface area contributed by atoms with Crippen LogP contribution in [0, 0.1) is 0 Å². The molecule has 1 rings (SSSR count). The van der Waals surface area contributed by atoms with Crippen molar-refractivity contribution in [1.82, 2.24) is 0 Å². The van der Waals surface area contributed by atoms with Crippen molar-refractivity contribution in [3.63, 3.8) is 0 Å². The van der Waals surface area contributed by atoms with Crippen molar-refractivity contribution in [3.8, 4) is 11.5 Å². The van der Waals surface area contributed by atoms with E-state index < -0.39 is 0 Å². The van der Waals surface area contributed by atoms with E-state index in [1.54, 1.807) is 0 Å². The summed E-state index contributed by atoms with van der Waals surface area (Å²) in [5, 5.41) is 0. The summed E-state index contributed by atoms with van der Waals surface area (Å²) in [5.74, 6) is 1.64. The van der Waals surface area contributed by atoms with Gasteiger partial charge >= 0.3 is 0 Å². The van der Waals surface area contributed by atoms with Crippen molar-refractivity contribution in [1.29, 1.82) is 0 Å². The Morgan fingerprint density at radius 3 is 2.19 bits per heavy atom. The lowest BCUT2D eigenvalue weighted by atomic mass is 10.2. The third kappa shape index (κ3) is 3.74. The fourth-order valence-corrected chi connectivity index (χ4v) is 1.41. The monoisotopic (exact) mass is 223 g/mol. The molecule has 0 saturated carbocycles. The highest BCUT2D eigenvalue weighted by Crippen LogP contribution is 2.26. The highest BCUT2D eigenvalue weighted by atomic mass is 16.5. The SMILES string of the molecule is CC(C)Oc1ccc(CN)c(OC(C)C)c1. The van der Waals surface area contributed by atoms with Gasteiger partial charge in [-0.3, -0.25) is 0 Å². The van der Waals surface area contributed by atoms with Crippen LogP contribution in [0.4, 0.5) is 0 Å². The topological polar surface area (TPSA) is 44.5 Å². The van der Waals surface area contributed by atoms with Crippen LogP contribution in [-0.2, 0) is 6.54 Å². The quantitative estimate of drug-likeness (QED) is 0.834. The van der Waals surface area contributed by atoms with E-state index in [9.17, 15) is 0 Å². The molecule has 0 aromatic heterocycles. The number of hydrogen-bond acceptors (Lipinski definition) is 3. The van der Waals surface area contributed by atoms with E-state index in [2.05, 4.69) is 0 Å². The molecular formula is C13H21NO2. The van der Waals surface area contributed by atoms with Gasteiger partial charge in [-0.15, -0.1) is 0 Å². The largest absolute Gasteiger partial charge is 0.491 e. The molecule has 1 aromatic carbocycles. The first-order valence-corrected chi connectivity index (χ1v) is 5.69. The smallest absolute Gasteiger partial charge is 0.127 e. The Morgan fingerprint density at radius 1 is 1.06 bits per heavy atom. The Kier molecular flexibility index (Phi) is 4.62. The van der Waals surface area contributed by atoms with Gasteiger partial charge in [-0.2, -0.15) is 0 Å². The van der Waals surface area contributed by atoms with Gasteiger partial charge in [-0.1, -0.05) is 6.07 Å². The number of hydrogen-bond donors (Lipinski definition) is 1. The first-order valence-electron chi connectivity index (χ1n) is 5.69. The number of nitrogens with two attached hydrogens (primary N) is 1. The summed E-state index contributed by atoms with van der Waals surface area (Å²) in [6.45, 7) is 8.47. The molecule has 3 heteroatoms. The fraction of sp³-hybridized carbons (Fsp3) is 0.538. The highest BCUT2D eigenvalue weighted by Gasteiger charge is 2.07. The highest BCUT2D eigenvalue weighted by molar-refractivity contribution is 5.40. The van der Waals surface area contributed by atoms with E-state index in [-0.39, 0.29) is 12.2 Å². The summed E-state index contributed by atoms with van der Waals surface area (Å²) in [7, 11) is 0. The van der Waals surface area contributed by atoms with Gasteiger partial charge in [0.2, 0.25) is 0 Å². The number of ether oxygens (including phenoxy) is 2. The normalized spacial score (nSPS) is 10.9. The molecule has 2 N–H and O–H groups in total. The van der Waals surface area contributed by atoms with Crippen molar-refractivity contribution in [2.75, 3.05) is 0 Å². The van der Waals surface area contributed by atoms with Crippen LogP contribution in [0.2, 0.25) is 0 Å². The Balaban J connectivity index is 2.91. The summed E-state index contributed by atoms with van der Waals surface area (Å²) in [5.41, 5.74) is 6.66. The molecule has 0 unspecified atom stereocenters. The lowest BCUT2D eigenvalue weighted by Crippen LogP contribution is -2.10. The van der Waals surface area contributed by atoms with E-state index >= 15 is 0 Å². The van der Waals surface area contributed by atoms with E-state index in [0.29, 0.717) is 6.54 Å². The molecule has 0 radical (unpaired) electrons. The van der Waals surface area contributed by atoms with Gasteiger partial charge in [0, 0.05) is 18.2 Å². The standard InChI is InChI=1S/C13H21NO2/c1-9(2)15-12-6-5-11(8-14)13(7-12)16-10(3)4/h5-7,9-10H,8,14H2,1-4H3. The molecule has 16 heavy (non-hydrogen) atoms. The molecule has 0 spiro atoms. The van der Waals surface area contributed by atoms with Gasteiger partial charge in [-0.05, 0) is 33.8 Å². The molecule has 90 valence electrons. The van der Waals surface area contributed by atoms with Crippen LogP contribution in [0.25, 0.3) is 0 Å². The molecule has 0 bridgehead atoms. The number of benzene rings is 1. The van der Waals surface area contributed by atoms with Crippen molar-refractivity contribution in [2.45, 2.75) is 46.4 Å². The lowest BCUT2D eigenvalue weighted by Gasteiger charge is -2.16. The first-order chi connectivity index (χ1) is 7.52. The third-order valence-electron chi connectivity index (χ3n) is 1.99. The van der Waals surface area contributed by atoms with Crippen LogP contribution in [-0.4, -0.2) is 12.2 Å². The third-order valence-corrected chi connectivity index (χ3v) is 1.99. The van der Waals surface area contributed by atoms with E-state index in [1.165, 1.54) is 0 Å². The Morgan fingerprint density at radius 2 is 1.69 bits per heavy atom. The minimum atomic E-state index is 0.139. The molecule has 0 fully saturated rings. The first kappa shape index (κ1) is 12.8. The van der Waals surface area contributed by atoms with Gasteiger partial charge in [0.25, 0.3) is 0 Å². The van der Waals surface area contributed by atoms with E-state index in [1.807, 2.05) is 45.9 Å². The molecule has 3 nitrogen and oxygen atoms in total. The molecule has 0 aliphatic carbocycles. The Hall–Kier alpha value is -1.22. The van der Waals surface area contributed by atoms with Crippen molar-refractivity contribution in [3.05, 3.63) is 23.8 Å². The molecule has 1 aromatic rings. The van der Waals surface area contributed by atoms with Gasteiger partial charge in [0.05, 0.1) is 12.2 Å². The molecule has 0 aliphatic heterocycles. The fourth-order valence-electron chi connectivity index (χ4n) is 1.41. The zero-order valence-electron chi connectivity index (χ0n) is 10.5. The maximum absolute atomic E-state index is 5.70. The summed E-state index contributed by atoms with van der Waals surface area (Å²) < 4.78 is 11.3. The summed E-state index contributed by atoms with van der Waals surface area (Å²) in [6, 6.07) is 5.78. The second-order valence-corrected chi connectivity index (χ2v) is 4.31. The van der Waals surface area contributed by atoms with Crippen molar-refractivity contribution >= 4 is 0 Å². The maximum Gasteiger partial charge on any atom is 0.127 e. The van der Waals surface area contributed by atoms with Crippen LogP contribution in [0.3, 0.4) is 0 Å². The molecule has 0 atom stereocenters. The molecular weight excluding hydrogens is 202 g/mol. The predicted octanol–water partition coefficient (Wildman–Crippen LogP) is 2.72. The molecule has 0 amide bonds. The summed E-state index contributed by atoms with van der Waals surface area (Å²) in [4.78, 5) is 0. The van der Waals surface area contributed by atoms with Crippen LogP contribution in [0.1, 0.15) is 33.3 Å². The molecule has 0 aliphatic rings. The van der Waals surface area contributed by atoms with E-state index in [0.717, 1.165) is 17.1 Å². The van der Waals surface area contributed by atoms with Crippen LogP contribution >= 0.6 is 0 Å². The zero-order valence-corrected chi connectivity index (χ0v) is 10.5. The van der Waals surface area contributed by atoms with Gasteiger partial charge < -0.3 is 15.2 Å². The number of rotatable bonds is 5. The minimum Gasteiger partial charge on any atom is -0.491 e.